The predicted octanol–water partition coefficient (Wildman–Crippen LogP) is 2.50. The standard InChI is InChI=1S/C8H14N2O.C5H3F3N2/c11-7-9-6-8(10-7)4-2-1-3-5-8;6-5(7,8)4-9-2-1-3-10-4/h1-6H2,(H2,9,10,11);1-3H. The van der Waals surface area contributed by atoms with Crippen LogP contribution >= 0.6 is 0 Å². The minimum atomic E-state index is -4.43. The summed E-state index contributed by atoms with van der Waals surface area (Å²) < 4.78 is 35.0. The van der Waals surface area contributed by atoms with Crippen LogP contribution in [0.15, 0.2) is 18.5 Å². The smallest absolute Gasteiger partial charge is 0.336 e. The van der Waals surface area contributed by atoms with Gasteiger partial charge in [0.25, 0.3) is 0 Å². The maximum Gasteiger partial charge on any atom is 0.451 e. The van der Waals surface area contributed by atoms with Crippen LogP contribution in [-0.2, 0) is 6.18 Å². The maximum atomic E-state index is 11.7. The van der Waals surface area contributed by atoms with E-state index in [4.69, 9.17) is 0 Å². The van der Waals surface area contributed by atoms with Crippen molar-refractivity contribution in [2.45, 2.75) is 43.8 Å². The van der Waals surface area contributed by atoms with Gasteiger partial charge in [-0.05, 0) is 18.9 Å². The zero-order chi connectivity index (χ0) is 15.3. The quantitative estimate of drug-likeness (QED) is 0.774. The molecule has 0 aromatic carbocycles. The second-order valence-corrected chi connectivity index (χ2v) is 5.22. The van der Waals surface area contributed by atoms with E-state index in [0.717, 1.165) is 31.8 Å². The highest BCUT2D eigenvalue weighted by molar-refractivity contribution is 5.77. The Morgan fingerprint density at radius 2 is 1.71 bits per heavy atom. The number of aromatic nitrogens is 2. The summed E-state index contributed by atoms with van der Waals surface area (Å²) in [5.41, 5.74) is 0.134. The van der Waals surface area contributed by atoms with Crippen molar-refractivity contribution < 1.29 is 18.0 Å². The van der Waals surface area contributed by atoms with Crippen molar-refractivity contribution in [2.75, 3.05) is 6.54 Å². The van der Waals surface area contributed by atoms with Crippen molar-refractivity contribution in [1.82, 2.24) is 20.6 Å². The summed E-state index contributed by atoms with van der Waals surface area (Å²) in [5.74, 6) is -1.10. The van der Waals surface area contributed by atoms with Crippen molar-refractivity contribution in [3.63, 3.8) is 0 Å². The molecule has 1 aromatic rings. The zero-order valence-electron chi connectivity index (χ0n) is 11.4. The third kappa shape index (κ3) is 4.30. The molecule has 0 unspecified atom stereocenters. The molecule has 1 aliphatic heterocycles. The van der Waals surface area contributed by atoms with Crippen LogP contribution in [0.2, 0.25) is 0 Å². The molecule has 2 aliphatic rings. The van der Waals surface area contributed by atoms with Crippen LogP contribution in [0.3, 0.4) is 0 Å². The van der Waals surface area contributed by atoms with E-state index < -0.39 is 12.0 Å². The SMILES string of the molecule is FC(F)(F)c1ncccn1.O=C1NCC2(CCCCC2)N1. The lowest BCUT2D eigenvalue weighted by Gasteiger charge is -2.31. The van der Waals surface area contributed by atoms with Crippen molar-refractivity contribution in [3.05, 3.63) is 24.3 Å². The second-order valence-electron chi connectivity index (χ2n) is 5.22. The van der Waals surface area contributed by atoms with Gasteiger partial charge < -0.3 is 10.6 Å². The molecule has 1 aromatic heterocycles. The van der Waals surface area contributed by atoms with E-state index in [1.165, 1.54) is 25.3 Å². The molecule has 2 heterocycles. The Bertz CT molecular complexity index is 472. The predicted molar refractivity (Wildman–Crippen MR) is 69.4 cm³/mol. The normalized spacial score (nSPS) is 20.2. The van der Waals surface area contributed by atoms with Crippen molar-refractivity contribution >= 4 is 6.03 Å². The number of nitrogens with one attached hydrogen (secondary N) is 2. The van der Waals surface area contributed by atoms with Gasteiger partial charge in [0.15, 0.2) is 0 Å². The number of carbonyl (C=O) groups excluding carboxylic acids is 1. The molecule has 1 saturated carbocycles. The van der Waals surface area contributed by atoms with Crippen LogP contribution in [-0.4, -0.2) is 28.1 Å². The third-order valence-electron chi connectivity index (χ3n) is 3.60. The first-order valence-electron chi connectivity index (χ1n) is 6.82. The van der Waals surface area contributed by atoms with Crippen LogP contribution in [0, 0.1) is 0 Å². The van der Waals surface area contributed by atoms with E-state index in [0.29, 0.717) is 0 Å². The monoisotopic (exact) mass is 302 g/mol. The first kappa shape index (κ1) is 15.5. The number of halogens is 3. The molecular weight excluding hydrogens is 285 g/mol. The van der Waals surface area contributed by atoms with E-state index in [2.05, 4.69) is 20.6 Å². The van der Waals surface area contributed by atoms with Gasteiger partial charge in [-0.25, -0.2) is 14.8 Å². The number of urea groups is 1. The van der Waals surface area contributed by atoms with E-state index >= 15 is 0 Å². The maximum absolute atomic E-state index is 11.7. The van der Waals surface area contributed by atoms with Gasteiger partial charge in [-0.1, -0.05) is 19.3 Å². The molecular formula is C13H17F3N4O. The average molecular weight is 302 g/mol. The summed E-state index contributed by atoms with van der Waals surface area (Å²) in [6.07, 6.45) is 3.85. The summed E-state index contributed by atoms with van der Waals surface area (Å²) in [5, 5.41) is 5.85. The van der Waals surface area contributed by atoms with Crippen LogP contribution in [0.25, 0.3) is 0 Å². The summed E-state index contributed by atoms with van der Waals surface area (Å²) in [6.45, 7) is 0.839. The molecule has 1 saturated heterocycles. The lowest BCUT2D eigenvalue weighted by Crippen LogP contribution is -2.44. The topological polar surface area (TPSA) is 66.9 Å². The summed E-state index contributed by atoms with van der Waals surface area (Å²) >= 11 is 0. The van der Waals surface area contributed by atoms with Gasteiger partial charge in [0, 0.05) is 18.9 Å². The van der Waals surface area contributed by atoms with Gasteiger partial charge in [0.05, 0.1) is 5.54 Å². The minimum absolute atomic E-state index is 0.0203. The van der Waals surface area contributed by atoms with Gasteiger partial charge in [-0.3, -0.25) is 0 Å². The number of rotatable bonds is 0. The highest BCUT2D eigenvalue weighted by Gasteiger charge is 2.38. The molecule has 0 bridgehead atoms. The van der Waals surface area contributed by atoms with Crippen LogP contribution < -0.4 is 10.6 Å². The summed E-state index contributed by atoms with van der Waals surface area (Å²) in [4.78, 5) is 16.9. The van der Waals surface area contributed by atoms with Gasteiger partial charge in [-0.2, -0.15) is 13.2 Å². The van der Waals surface area contributed by atoms with Crippen LogP contribution in [0.5, 0.6) is 0 Å². The van der Waals surface area contributed by atoms with Crippen molar-refractivity contribution in [3.8, 4) is 0 Å². The minimum Gasteiger partial charge on any atom is -0.336 e. The van der Waals surface area contributed by atoms with Gasteiger partial charge in [0.1, 0.15) is 0 Å². The van der Waals surface area contributed by atoms with Gasteiger partial charge in [-0.15, -0.1) is 0 Å². The largest absolute Gasteiger partial charge is 0.451 e. The first-order valence-corrected chi connectivity index (χ1v) is 6.82. The Kier molecular flexibility index (Phi) is 4.64. The second kappa shape index (κ2) is 6.28. The molecule has 2 fully saturated rings. The molecule has 21 heavy (non-hydrogen) atoms. The van der Waals surface area contributed by atoms with Gasteiger partial charge >= 0.3 is 12.2 Å². The van der Waals surface area contributed by atoms with E-state index in [9.17, 15) is 18.0 Å². The van der Waals surface area contributed by atoms with E-state index in [-0.39, 0.29) is 11.6 Å². The number of hydrogen-bond donors (Lipinski definition) is 2. The molecule has 1 aliphatic carbocycles. The van der Waals surface area contributed by atoms with Crippen molar-refractivity contribution in [1.29, 1.82) is 0 Å². The molecule has 3 rings (SSSR count). The fraction of sp³-hybridized carbons (Fsp3) is 0.615. The Hall–Kier alpha value is -1.86. The van der Waals surface area contributed by atoms with E-state index in [1.54, 1.807) is 0 Å². The fourth-order valence-corrected chi connectivity index (χ4v) is 2.55. The Morgan fingerprint density at radius 3 is 2.14 bits per heavy atom. The van der Waals surface area contributed by atoms with Crippen LogP contribution in [0.1, 0.15) is 37.9 Å². The molecule has 1 spiro atoms. The molecule has 5 nitrogen and oxygen atoms in total. The highest BCUT2D eigenvalue weighted by Crippen LogP contribution is 2.29. The molecule has 0 atom stereocenters. The number of hydrogen-bond acceptors (Lipinski definition) is 3. The molecule has 2 amide bonds. The fourth-order valence-electron chi connectivity index (χ4n) is 2.55. The number of carbonyl (C=O) groups is 1. The lowest BCUT2D eigenvalue weighted by atomic mass is 9.82. The number of amides is 2. The number of nitrogens with zero attached hydrogens (tertiary/aromatic N) is 2. The molecule has 116 valence electrons. The Labute approximate surface area is 120 Å². The number of alkyl halides is 3. The molecule has 8 heteroatoms. The molecule has 2 N–H and O–H groups in total. The highest BCUT2D eigenvalue weighted by atomic mass is 19.4. The summed E-state index contributed by atoms with van der Waals surface area (Å²) in [7, 11) is 0. The Morgan fingerprint density at radius 1 is 1.10 bits per heavy atom. The van der Waals surface area contributed by atoms with Crippen LogP contribution in [0.4, 0.5) is 18.0 Å². The summed E-state index contributed by atoms with van der Waals surface area (Å²) in [6, 6.07) is 1.35. The van der Waals surface area contributed by atoms with E-state index in [1.807, 2.05) is 0 Å². The molecule has 0 radical (unpaired) electrons. The zero-order valence-corrected chi connectivity index (χ0v) is 11.4. The van der Waals surface area contributed by atoms with Gasteiger partial charge in [0.2, 0.25) is 5.82 Å². The lowest BCUT2D eigenvalue weighted by molar-refractivity contribution is -0.145. The first-order chi connectivity index (χ1) is 9.91. The Balaban J connectivity index is 0.000000155. The third-order valence-corrected chi connectivity index (χ3v) is 3.60. The average Bonchev–Trinajstić information content (AvgIpc) is 2.81. The van der Waals surface area contributed by atoms with Crippen molar-refractivity contribution in [2.24, 2.45) is 0 Å².